The van der Waals surface area contributed by atoms with Crippen LogP contribution in [0.25, 0.3) is 10.6 Å². The van der Waals surface area contributed by atoms with Crippen LogP contribution in [0, 0.1) is 6.92 Å². The Balaban J connectivity index is 2.41. The summed E-state index contributed by atoms with van der Waals surface area (Å²) < 4.78 is 10.8. The summed E-state index contributed by atoms with van der Waals surface area (Å²) in [4.78, 5) is 5.36. The van der Waals surface area contributed by atoms with Gasteiger partial charge in [-0.15, -0.1) is 11.3 Å². The largest absolute Gasteiger partial charge is 0.493 e. The molecule has 0 atom stereocenters. The van der Waals surface area contributed by atoms with E-state index in [0.29, 0.717) is 18.1 Å². The van der Waals surface area contributed by atoms with Gasteiger partial charge in [0, 0.05) is 5.56 Å². The van der Waals surface area contributed by atoms with E-state index in [-0.39, 0.29) is 6.61 Å². The van der Waals surface area contributed by atoms with Crippen LogP contribution in [0.5, 0.6) is 11.5 Å². The minimum atomic E-state index is 0.0258. The molecule has 19 heavy (non-hydrogen) atoms. The van der Waals surface area contributed by atoms with E-state index >= 15 is 0 Å². The van der Waals surface area contributed by atoms with Crippen molar-refractivity contribution in [2.24, 2.45) is 0 Å². The van der Waals surface area contributed by atoms with E-state index in [2.05, 4.69) is 4.98 Å². The molecule has 0 saturated carbocycles. The van der Waals surface area contributed by atoms with Gasteiger partial charge in [-0.25, -0.2) is 4.98 Å². The van der Waals surface area contributed by atoms with Crippen LogP contribution in [0.15, 0.2) is 18.2 Å². The Morgan fingerprint density at radius 2 is 2.11 bits per heavy atom. The van der Waals surface area contributed by atoms with Crippen LogP contribution >= 0.6 is 11.3 Å². The van der Waals surface area contributed by atoms with Crippen LogP contribution in [0.2, 0.25) is 0 Å². The van der Waals surface area contributed by atoms with Crippen molar-refractivity contribution in [1.82, 2.24) is 4.98 Å². The van der Waals surface area contributed by atoms with Crippen molar-refractivity contribution in [3.8, 4) is 22.1 Å². The fraction of sp³-hybridized carbons (Fsp3) is 0.357. The highest BCUT2D eigenvalue weighted by atomic mass is 32.1. The smallest absolute Gasteiger partial charge is 0.161 e. The van der Waals surface area contributed by atoms with Crippen LogP contribution in [-0.4, -0.2) is 23.8 Å². The van der Waals surface area contributed by atoms with Gasteiger partial charge in [-0.1, -0.05) is 0 Å². The maximum atomic E-state index is 9.23. The lowest BCUT2D eigenvalue weighted by Crippen LogP contribution is -1.95. The summed E-state index contributed by atoms with van der Waals surface area (Å²) in [6.45, 7) is 4.44. The van der Waals surface area contributed by atoms with Crippen LogP contribution < -0.4 is 9.47 Å². The molecule has 4 nitrogen and oxygen atoms in total. The number of aryl methyl sites for hydroxylation is 1. The molecule has 1 aromatic heterocycles. The minimum Gasteiger partial charge on any atom is -0.493 e. The number of rotatable bonds is 5. The lowest BCUT2D eigenvalue weighted by molar-refractivity contribution is 0.284. The van der Waals surface area contributed by atoms with E-state index in [4.69, 9.17) is 9.47 Å². The van der Waals surface area contributed by atoms with Gasteiger partial charge in [0.05, 0.1) is 30.9 Å². The fourth-order valence-corrected chi connectivity index (χ4v) is 2.69. The van der Waals surface area contributed by atoms with Gasteiger partial charge < -0.3 is 14.6 Å². The molecule has 2 rings (SSSR count). The fourth-order valence-electron chi connectivity index (χ4n) is 1.78. The highest BCUT2D eigenvalue weighted by Crippen LogP contribution is 2.35. The molecular weight excluding hydrogens is 262 g/mol. The molecule has 1 heterocycles. The first kappa shape index (κ1) is 13.8. The zero-order valence-electron chi connectivity index (χ0n) is 11.3. The third-order valence-electron chi connectivity index (χ3n) is 2.75. The van der Waals surface area contributed by atoms with Crippen molar-refractivity contribution in [2.75, 3.05) is 13.7 Å². The predicted octanol–water partition coefficient (Wildman–Crippen LogP) is 3.02. The molecule has 0 radical (unpaired) electrons. The average Bonchev–Trinajstić information content (AvgIpc) is 2.80. The summed E-state index contributed by atoms with van der Waals surface area (Å²) in [7, 11) is 1.62. The molecule has 0 aliphatic carbocycles. The van der Waals surface area contributed by atoms with Crippen LogP contribution in [0.3, 0.4) is 0 Å². The molecule has 0 spiro atoms. The van der Waals surface area contributed by atoms with E-state index in [1.807, 2.05) is 32.0 Å². The zero-order valence-corrected chi connectivity index (χ0v) is 12.1. The van der Waals surface area contributed by atoms with Crippen molar-refractivity contribution in [2.45, 2.75) is 20.5 Å². The second kappa shape index (κ2) is 6.04. The minimum absolute atomic E-state index is 0.0258. The van der Waals surface area contributed by atoms with Crippen molar-refractivity contribution in [3.05, 3.63) is 28.8 Å². The molecule has 0 saturated heterocycles. The number of aliphatic hydroxyl groups excluding tert-OH is 1. The van der Waals surface area contributed by atoms with Gasteiger partial charge in [0.2, 0.25) is 0 Å². The number of thiazole rings is 1. The third-order valence-corrected chi connectivity index (χ3v) is 3.94. The molecule has 0 unspecified atom stereocenters. The van der Waals surface area contributed by atoms with Gasteiger partial charge in [0.1, 0.15) is 5.01 Å². The lowest BCUT2D eigenvalue weighted by Gasteiger charge is -2.10. The Kier molecular flexibility index (Phi) is 4.39. The van der Waals surface area contributed by atoms with E-state index in [1.54, 1.807) is 7.11 Å². The molecule has 1 aromatic carbocycles. The maximum absolute atomic E-state index is 9.23. The van der Waals surface area contributed by atoms with Gasteiger partial charge in [-0.05, 0) is 32.0 Å². The monoisotopic (exact) mass is 279 g/mol. The number of aliphatic hydroxyl groups is 1. The molecule has 0 fully saturated rings. The summed E-state index contributed by atoms with van der Waals surface area (Å²) in [5, 5.41) is 10.1. The van der Waals surface area contributed by atoms with Gasteiger partial charge in [-0.3, -0.25) is 0 Å². The second-order valence-electron chi connectivity index (χ2n) is 3.98. The molecular formula is C14H17NO3S. The quantitative estimate of drug-likeness (QED) is 0.914. The van der Waals surface area contributed by atoms with Gasteiger partial charge in [0.25, 0.3) is 0 Å². The van der Waals surface area contributed by atoms with Crippen molar-refractivity contribution < 1.29 is 14.6 Å². The second-order valence-corrected chi connectivity index (χ2v) is 5.07. The number of hydrogen-bond acceptors (Lipinski definition) is 5. The number of aromatic nitrogens is 1. The van der Waals surface area contributed by atoms with Gasteiger partial charge in [-0.2, -0.15) is 0 Å². The number of hydrogen-bond donors (Lipinski definition) is 1. The number of ether oxygens (including phenoxy) is 2. The van der Waals surface area contributed by atoms with Crippen molar-refractivity contribution >= 4 is 11.3 Å². The molecule has 0 amide bonds. The summed E-state index contributed by atoms with van der Waals surface area (Å²) in [5.74, 6) is 1.42. The summed E-state index contributed by atoms with van der Waals surface area (Å²) in [5.41, 5.74) is 1.84. The topological polar surface area (TPSA) is 51.6 Å². The number of nitrogens with zero attached hydrogens (tertiary/aromatic N) is 1. The Morgan fingerprint density at radius 1 is 1.32 bits per heavy atom. The van der Waals surface area contributed by atoms with E-state index in [9.17, 15) is 5.11 Å². The number of benzene rings is 1. The molecule has 1 N–H and O–H groups in total. The van der Waals surface area contributed by atoms with E-state index in [1.165, 1.54) is 11.3 Å². The lowest BCUT2D eigenvalue weighted by atomic mass is 10.2. The molecule has 5 heteroatoms. The Bertz CT molecular complexity index is 566. The highest BCUT2D eigenvalue weighted by Gasteiger charge is 2.12. The Hall–Kier alpha value is -1.59. The van der Waals surface area contributed by atoms with Crippen molar-refractivity contribution in [3.63, 3.8) is 0 Å². The first-order valence-corrected chi connectivity index (χ1v) is 6.89. The van der Waals surface area contributed by atoms with Crippen LogP contribution in [0.1, 0.15) is 17.5 Å². The first-order valence-electron chi connectivity index (χ1n) is 6.08. The SMILES string of the molecule is CCOc1cc(-c2nc(C)c(CO)s2)ccc1OC. The Morgan fingerprint density at radius 3 is 2.68 bits per heavy atom. The highest BCUT2D eigenvalue weighted by molar-refractivity contribution is 7.15. The van der Waals surface area contributed by atoms with E-state index < -0.39 is 0 Å². The molecule has 2 aromatic rings. The molecule has 0 aliphatic heterocycles. The van der Waals surface area contributed by atoms with E-state index in [0.717, 1.165) is 21.1 Å². The summed E-state index contributed by atoms with van der Waals surface area (Å²) in [6.07, 6.45) is 0. The summed E-state index contributed by atoms with van der Waals surface area (Å²) in [6, 6.07) is 5.73. The molecule has 0 aliphatic rings. The van der Waals surface area contributed by atoms with Crippen molar-refractivity contribution in [1.29, 1.82) is 0 Å². The maximum Gasteiger partial charge on any atom is 0.161 e. The standard InChI is InChI=1S/C14H17NO3S/c1-4-18-12-7-10(5-6-11(12)17-3)14-15-9(2)13(8-16)19-14/h5-7,16H,4,8H2,1-3H3. The van der Waals surface area contributed by atoms with Gasteiger partial charge >= 0.3 is 0 Å². The Labute approximate surface area is 116 Å². The van der Waals surface area contributed by atoms with Crippen LogP contribution in [-0.2, 0) is 6.61 Å². The average molecular weight is 279 g/mol. The number of methoxy groups -OCH3 is 1. The van der Waals surface area contributed by atoms with Gasteiger partial charge in [0.15, 0.2) is 11.5 Å². The summed E-state index contributed by atoms with van der Waals surface area (Å²) >= 11 is 1.50. The molecule has 102 valence electrons. The predicted molar refractivity (Wildman–Crippen MR) is 75.9 cm³/mol. The molecule has 0 bridgehead atoms. The van der Waals surface area contributed by atoms with Crippen LogP contribution in [0.4, 0.5) is 0 Å². The first-order chi connectivity index (χ1) is 9.19. The zero-order chi connectivity index (χ0) is 13.8. The normalized spacial score (nSPS) is 10.5. The third kappa shape index (κ3) is 2.88.